The maximum absolute atomic E-state index is 10.6. The van der Waals surface area contributed by atoms with Crippen LogP contribution in [0.5, 0.6) is 0 Å². The fourth-order valence-corrected chi connectivity index (χ4v) is 1.70. The Labute approximate surface area is 145 Å². The second kappa shape index (κ2) is 10.2. The van der Waals surface area contributed by atoms with Gasteiger partial charge in [0.25, 0.3) is 0 Å². The van der Waals surface area contributed by atoms with E-state index in [9.17, 15) is 4.79 Å². The normalized spacial score (nSPS) is 10.6. The Morgan fingerprint density at radius 3 is 2.04 bits per heavy atom. The number of rotatable bonds is 4. The van der Waals surface area contributed by atoms with Crippen LogP contribution in [0, 0.1) is 5.41 Å². The van der Waals surface area contributed by atoms with Crippen molar-refractivity contribution >= 4 is 12.0 Å². The van der Waals surface area contributed by atoms with Crippen molar-refractivity contribution < 1.29 is 9.53 Å². The molecule has 2 aromatic carbocycles. The maximum atomic E-state index is 10.6. The summed E-state index contributed by atoms with van der Waals surface area (Å²) in [6.07, 6.45) is 5.55. The molecule has 0 aliphatic carbocycles. The lowest BCUT2D eigenvalue weighted by Gasteiger charge is -2.10. The molecule has 0 fully saturated rings. The van der Waals surface area contributed by atoms with Gasteiger partial charge in [-0.25, -0.2) is 4.79 Å². The van der Waals surface area contributed by atoms with Crippen LogP contribution in [0.2, 0.25) is 0 Å². The number of allylic oxidation sites excluding steroid dienone is 1. The van der Waals surface area contributed by atoms with E-state index >= 15 is 0 Å². The van der Waals surface area contributed by atoms with Crippen LogP contribution in [-0.4, -0.2) is 5.97 Å². The first-order valence-corrected chi connectivity index (χ1v) is 7.98. The molecule has 0 unspecified atom stereocenters. The molecule has 0 saturated carbocycles. The molecule has 0 spiro atoms. The first-order valence-electron chi connectivity index (χ1n) is 7.98. The van der Waals surface area contributed by atoms with Crippen LogP contribution in [0.15, 0.2) is 79.4 Å². The van der Waals surface area contributed by atoms with Crippen molar-refractivity contribution in [2.45, 2.75) is 27.4 Å². The van der Waals surface area contributed by atoms with Crippen molar-refractivity contribution in [2.24, 2.45) is 5.41 Å². The highest BCUT2D eigenvalue weighted by atomic mass is 16.5. The second-order valence-electron chi connectivity index (χ2n) is 6.41. The van der Waals surface area contributed by atoms with E-state index in [1.165, 1.54) is 5.56 Å². The van der Waals surface area contributed by atoms with Crippen LogP contribution in [0.4, 0.5) is 0 Å². The van der Waals surface area contributed by atoms with Gasteiger partial charge in [-0.05, 0) is 16.5 Å². The fraction of sp³-hybridized carbons (Fsp3) is 0.227. The Bertz CT molecular complexity index is 635. The molecule has 24 heavy (non-hydrogen) atoms. The van der Waals surface area contributed by atoms with E-state index in [4.69, 9.17) is 4.74 Å². The minimum atomic E-state index is -0.390. The lowest BCUT2D eigenvalue weighted by Crippen LogP contribution is -1.99. The molecule has 0 atom stereocenters. The van der Waals surface area contributed by atoms with Crippen molar-refractivity contribution in [3.8, 4) is 0 Å². The third kappa shape index (κ3) is 9.42. The summed E-state index contributed by atoms with van der Waals surface area (Å²) in [5, 5.41) is 0. The van der Waals surface area contributed by atoms with Crippen LogP contribution in [0.3, 0.4) is 0 Å². The van der Waals surface area contributed by atoms with E-state index in [0.29, 0.717) is 6.61 Å². The summed E-state index contributed by atoms with van der Waals surface area (Å²) in [6, 6.07) is 19.9. The topological polar surface area (TPSA) is 26.3 Å². The molecule has 2 rings (SSSR count). The minimum absolute atomic E-state index is 0.274. The molecular weight excluding hydrogens is 296 g/mol. The Morgan fingerprint density at radius 1 is 1.00 bits per heavy atom. The highest BCUT2D eigenvalue weighted by Gasteiger charge is 2.02. The first-order chi connectivity index (χ1) is 11.4. The van der Waals surface area contributed by atoms with Gasteiger partial charge in [0.15, 0.2) is 0 Å². The zero-order valence-corrected chi connectivity index (χ0v) is 14.7. The summed E-state index contributed by atoms with van der Waals surface area (Å²) in [6.45, 7) is 10.2. The summed E-state index contributed by atoms with van der Waals surface area (Å²) in [5.74, 6) is -0.390. The summed E-state index contributed by atoms with van der Waals surface area (Å²) >= 11 is 0. The largest absolute Gasteiger partial charge is 0.458 e. The van der Waals surface area contributed by atoms with Gasteiger partial charge < -0.3 is 4.74 Å². The van der Waals surface area contributed by atoms with Gasteiger partial charge >= 0.3 is 5.97 Å². The van der Waals surface area contributed by atoms with Crippen LogP contribution >= 0.6 is 0 Å². The van der Waals surface area contributed by atoms with E-state index in [-0.39, 0.29) is 11.4 Å². The van der Waals surface area contributed by atoms with E-state index in [1.807, 2.05) is 36.4 Å². The van der Waals surface area contributed by atoms with E-state index in [1.54, 1.807) is 0 Å². The lowest BCUT2D eigenvalue weighted by atomic mass is 9.95. The van der Waals surface area contributed by atoms with Crippen LogP contribution < -0.4 is 0 Å². The highest BCUT2D eigenvalue weighted by molar-refractivity contribution is 5.81. The zero-order valence-electron chi connectivity index (χ0n) is 14.7. The standard InChI is InChI=1S/C12H16.C10H10O2/c1-12(2,3)10-9-11-7-5-4-6-8-11;1-2-10(11)12-8-9-6-4-3-5-7-9/h4-10H,1-3H3;2-7H,1,8H2. The Kier molecular flexibility index (Phi) is 8.28. The van der Waals surface area contributed by atoms with Crippen molar-refractivity contribution in [2.75, 3.05) is 0 Å². The number of benzene rings is 2. The molecule has 0 amide bonds. The number of carbonyl (C=O) groups is 1. The molecule has 0 aliphatic heterocycles. The molecule has 2 nitrogen and oxygen atoms in total. The van der Waals surface area contributed by atoms with Gasteiger partial charge in [-0.1, -0.05) is 100 Å². The number of carbonyl (C=O) groups excluding carboxylic acids is 1. The summed E-state index contributed by atoms with van der Waals surface area (Å²) < 4.78 is 4.82. The molecule has 0 radical (unpaired) electrons. The molecule has 0 aromatic heterocycles. The summed E-state index contributed by atoms with van der Waals surface area (Å²) in [5.41, 5.74) is 2.52. The van der Waals surface area contributed by atoms with E-state index < -0.39 is 0 Å². The van der Waals surface area contributed by atoms with E-state index in [0.717, 1.165) is 11.6 Å². The van der Waals surface area contributed by atoms with Gasteiger partial charge in [-0.2, -0.15) is 0 Å². The molecule has 2 heteroatoms. The highest BCUT2D eigenvalue weighted by Crippen LogP contribution is 2.16. The third-order valence-corrected chi connectivity index (χ3v) is 2.97. The summed E-state index contributed by atoms with van der Waals surface area (Å²) in [4.78, 5) is 10.6. The Hall–Kier alpha value is -2.61. The molecule has 0 saturated heterocycles. The first kappa shape index (κ1) is 19.4. The molecule has 2 aromatic rings. The third-order valence-electron chi connectivity index (χ3n) is 2.97. The molecule has 0 heterocycles. The van der Waals surface area contributed by atoms with E-state index in [2.05, 4.69) is 63.8 Å². The number of esters is 1. The van der Waals surface area contributed by atoms with Gasteiger partial charge in [-0.3, -0.25) is 0 Å². The van der Waals surface area contributed by atoms with Crippen molar-refractivity contribution in [1.82, 2.24) is 0 Å². The molecular formula is C22H26O2. The van der Waals surface area contributed by atoms with Crippen LogP contribution in [0.1, 0.15) is 31.9 Å². The second-order valence-corrected chi connectivity index (χ2v) is 6.41. The van der Waals surface area contributed by atoms with Gasteiger partial charge in [0, 0.05) is 6.08 Å². The SMILES string of the molecule is C=CC(=O)OCc1ccccc1.CC(C)(C)C=Cc1ccccc1. The maximum Gasteiger partial charge on any atom is 0.330 e. The number of ether oxygens (including phenoxy) is 1. The number of hydrogen-bond acceptors (Lipinski definition) is 2. The Morgan fingerprint density at radius 2 is 1.54 bits per heavy atom. The van der Waals surface area contributed by atoms with Crippen molar-refractivity contribution in [1.29, 1.82) is 0 Å². The average Bonchev–Trinajstić information content (AvgIpc) is 2.59. The Balaban J connectivity index is 0.000000240. The quantitative estimate of drug-likeness (QED) is 0.536. The molecule has 0 N–H and O–H groups in total. The predicted octanol–water partition coefficient (Wildman–Crippen LogP) is 5.66. The van der Waals surface area contributed by atoms with Crippen molar-refractivity contribution in [3.05, 3.63) is 90.5 Å². The summed E-state index contributed by atoms with van der Waals surface area (Å²) in [7, 11) is 0. The molecule has 0 bridgehead atoms. The van der Waals surface area contributed by atoms with Crippen molar-refractivity contribution in [3.63, 3.8) is 0 Å². The lowest BCUT2D eigenvalue weighted by molar-refractivity contribution is -0.138. The minimum Gasteiger partial charge on any atom is -0.458 e. The van der Waals surface area contributed by atoms with Crippen LogP contribution in [-0.2, 0) is 16.1 Å². The predicted molar refractivity (Wildman–Crippen MR) is 101 cm³/mol. The fourth-order valence-electron chi connectivity index (χ4n) is 1.70. The zero-order chi connectivity index (χ0) is 17.8. The monoisotopic (exact) mass is 322 g/mol. The molecule has 0 aliphatic rings. The van der Waals surface area contributed by atoms with Gasteiger partial charge in [-0.15, -0.1) is 0 Å². The van der Waals surface area contributed by atoms with Gasteiger partial charge in [0.1, 0.15) is 6.61 Å². The van der Waals surface area contributed by atoms with Crippen LogP contribution in [0.25, 0.3) is 6.08 Å². The van der Waals surface area contributed by atoms with Gasteiger partial charge in [0.05, 0.1) is 0 Å². The smallest absolute Gasteiger partial charge is 0.330 e. The number of hydrogen-bond donors (Lipinski definition) is 0. The average molecular weight is 322 g/mol. The van der Waals surface area contributed by atoms with Gasteiger partial charge in [0.2, 0.25) is 0 Å². The molecule has 126 valence electrons.